The van der Waals surface area contributed by atoms with Gasteiger partial charge in [0.25, 0.3) is 0 Å². The lowest BCUT2D eigenvalue weighted by molar-refractivity contribution is -0.0529. The molecule has 1 spiro atoms. The zero-order valence-electron chi connectivity index (χ0n) is 14.9. The second-order valence-corrected chi connectivity index (χ2v) is 7.30. The molecular weight excluding hydrogens is 302 g/mol. The van der Waals surface area contributed by atoms with Gasteiger partial charge in [-0.1, -0.05) is 13.8 Å². The predicted octanol–water partition coefficient (Wildman–Crippen LogP) is 2.17. The van der Waals surface area contributed by atoms with Gasteiger partial charge in [0, 0.05) is 49.8 Å². The summed E-state index contributed by atoms with van der Waals surface area (Å²) in [5.41, 5.74) is 3.06. The molecule has 3 aliphatic heterocycles. The van der Waals surface area contributed by atoms with Crippen LogP contribution >= 0.6 is 0 Å². The largest absolute Gasteiger partial charge is 0.490 e. The van der Waals surface area contributed by atoms with E-state index in [9.17, 15) is 0 Å². The number of hydrogen-bond acceptors (Lipinski definition) is 5. The summed E-state index contributed by atoms with van der Waals surface area (Å²) in [5, 5.41) is 3.39. The van der Waals surface area contributed by atoms with E-state index in [2.05, 4.69) is 21.3 Å². The van der Waals surface area contributed by atoms with E-state index in [1.165, 1.54) is 37.2 Å². The van der Waals surface area contributed by atoms with Crippen molar-refractivity contribution < 1.29 is 9.47 Å². The Kier molecular flexibility index (Phi) is 4.50. The number of fused-ring (bicyclic) bond motifs is 3. The van der Waals surface area contributed by atoms with E-state index in [4.69, 9.17) is 9.47 Å². The van der Waals surface area contributed by atoms with E-state index < -0.39 is 0 Å². The van der Waals surface area contributed by atoms with Crippen molar-refractivity contribution in [1.82, 2.24) is 15.2 Å². The molecule has 1 aliphatic carbocycles. The summed E-state index contributed by atoms with van der Waals surface area (Å²) in [6, 6.07) is 2.39. The quantitative estimate of drug-likeness (QED) is 0.900. The van der Waals surface area contributed by atoms with Crippen LogP contribution in [0, 0.1) is 5.41 Å². The molecule has 4 aliphatic rings. The van der Waals surface area contributed by atoms with Gasteiger partial charge >= 0.3 is 0 Å². The minimum Gasteiger partial charge on any atom is -0.490 e. The molecule has 0 radical (unpaired) electrons. The van der Waals surface area contributed by atoms with Gasteiger partial charge in [0.1, 0.15) is 5.75 Å². The molecule has 1 N–H and O–H groups in total. The highest BCUT2D eigenvalue weighted by molar-refractivity contribution is 5.41. The van der Waals surface area contributed by atoms with Gasteiger partial charge in [0.05, 0.1) is 31.1 Å². The van der Waals surface area contributed by atoms with Gasteiger partial charge < -0.3 is 14.8 Å². The van der Waals surface area contributed by atoms with Crippen molar-refractivity contribution in [2.24, 2.45) is 5.41 Å². The van der Waals surface area contributed by atoms with Crippen LogP contribution in [0.2, 0.25) is 0 Å². The lowest BCUT2D eigenvalue weighted by Crippen LogP contribution is -2.63. The number of ether oxygens (including phenoxy) is 2. The predicted molar refractivity (Wildman–Crippen MR) is 93.4 cm³/mol. The van der Waals surface area contributed by atoms with E-state index in [-0.39, 0.29) is 0 Å². The molecule has 5 rings (SSSR count). The van der Waals surface area contributed by atoms with Crippen LogP contribution in [0.3, 0.4) is 0 Å². The first-order valence-corrected chi connectivity index (χ1v) is 9.50. The molecule has 5 heteroatoms. The first-order valence-electron chi connectivity index (χ1n) is 9.50. The molecule has 2 saturated heterocycles. The number of pyridine rings is 1. The topological polar surface area (TPSA) is 46.6 Å². The zero-order chi connectivity index (χ0) is 16.6. The number of nitrogens with one attached hydrogen (secondary N) is 1. The van der Waals surface area contributed by atoms with Crippen molar-refractivity contribution in [3.05, 3.63) is 23.5 Å². The van der Waals surface area contributed by atoms with Crippen LogP contribution in [-0.4, -0.2) is 55.4 Å². The Morgan fingerprint density at radius 1 is 1.29 bits per heavy atom. The van der Waals surface area contributed by atoms with Crippen LogP contribution < -0.4 is 10.1 Å². The van der Waals surface area contributed by atoms with Gasteiger partial charge in [-0.2, -0.15) is 0 Å². The normalized spacial score (nSPS) is 27.8. The maximum absolute atomic E-state index is 6.38. The van der Waals surface area contributed by atoms with Gasteiger partial charge in [-0.3, -0.25) is 9.88 Å². The van der Waals surface area contributed by atoms with E-state index >= 15 is 0 Å². The highest BCUT2D eigenvalue weighted by Crippen LogP contribution is 2.47. The molecule has 1 aromatic heterocycles. The Hall–Kier alpha value is -1.17. The van der Waals surface area contributed by atoms with Gasteiger partial charge in [-0.15, -0.1) is 0 Å². The maximum Gasteiger partial charge on any atom is 0.127 e. The first-order chi connectivity index (χ1) is 11.8. The first kappa shape index (κ1) is 16.3. The fraction of sp³-hybridized carbons (Fsp3) is 0.737. The summed E-state index contributed by atoms with van der Waals surface area (Å²) < 4.78 is 12.1. The summed E-state index contributed by atoms with van der Waals surface area (Å²) in [6.07, 6.45) is 5.71. The SMILES string of the molecule is CC.c1cc(OC2CC3(CNC3)C2)c2c(n1)CCN1CCOCC21. The van der Waals surface area contributed by atoms with Crippen LogP contribution in [-0.2, 0) is 11.2 Å². The fourth-order valence-corrected chi connectivity index (χ4v) is 4.51. The van der Waals surface area contributed by atoms with Crippen molar-refractivity contribution in [1.29, 1.82) is 0 Å². The third-order valence-electron chi connectivity index (χ3n) is 5.86. The van der Waals surface area contributed by atoms with Crippen molar-refractivity contribution in [2.75, 3.05) is 39.4 Å². The summed E-state index contributed by atoms with van der Waals surface area (Å²) in [7, 11) is 0. The van der Waals surface area contributed by atoms with E-state index in [1.54, 1.807) is 0 Å². The third-order valence-corrected chi connectivity index (χ3v) is 5.86. The Bertz CT molecular complexity index is 580. The van der Waals surface area contributed by atoms with Crippen LogP contribution in [0.4, 0.5) is 0 Å². The average Bonchev–Trinajstić information content (AvgIpc) is 2.57. The Labute approximate surface area is 144 Å². The van der Waals surface area contributed by atoms with Crippen molar-refractivity contribution in [3.63, 3.8) is 0 Å². The Morgan fingerprint density at radius 3 is 2.88 bits per heavy atom. The molecule has 0 amide bonds. The number of nitrogens with zero attached hydrogens (tertiary/aromatic N) is 2. The molecule has 1 unspecified atom stereocenters. The average molecular weight is 331 g/mol. The second kappa shape index (κ2) is 6.62. The van der Waals surface area contributed by atoms with Crippen molar-refractivity contribution in [3.8, 4) is 5.75 Å². The van der Waals surface area contributed by atoms with Crippen LogP contribution in [0.15, 0.2) is 12.3 Å². The molecule has 3 fully saturated rings. The van der Waals surface area contributed by atoms with Crippen LogP contribution in [0.1, 0.15) is 44.0 Å². The molecule has 0 bridgehead atoms. The molecule has 1 aromatic rings. The minimum absolute atomic E-state index is 0.334. The van der Waals surface area contributed by atoms with E-state index in [0.29, 0.717) is 17.6 Å². The molecule has 1 atom stereocenters. The van der Waals surface area contributed by atoms with Crippen LogP contribution in [0.5, 0.6) is 5.75 Å². The van der Waals surface area contributed by atoms with Gasteiger partial charge in [-0.25, -0.2) is 0 Å². The number of hydrogen-bond donors (Lipinski definition) is 1. The van der Waals surface area contributed by atoms with Crippen molar-refractivity contribution >= 4 is 0 Å². The second-order valence-electron chi connectivity index (χ2n) is 7.30. The monoisotopic (exact) mass is 331 g/mol. The number of morpholine rings is 1. The summed E-state index contributed by atoms with van der Waals surface area (Å²) in [5.74, 6) is 1.05. The van der Waals surface area contributed by atoms with Gasteiger partial charge in [0.2, 0.25) is 0 Å². The number of aromatic nitrogens is 1. The molecular formula is C19H29N3O2. The summed E-state index contributed by atoms with van der Waals surface area (Å²) in [4.78, 5) is 7.13. The van der Waals surface area contributed by atoms with Gasteiger partial charge in [0.15, 0.2) is 0 Å². The summed E-state index contributed by atoms with van der Waals surface area (Å²) >= 11 is 0. The lowest BCUT2D eigenvalue weighted by Gasteiger charge is -2.54. The molecule has 1 saturated carbocycles. The molecule has 5 nitrogen and oxygen atoms in total. The molecule has 24 heavy (non-hydrogen) atoms. The van der Waals surface area contributed by atoms with Crippen molar-refractivity contribution in [2.45, 2.75) is 45.3 Å². The lowest BCUT2D eigenvalue weighted by atomic mass is 9.63. The smallest absolute Gasteiger partial charge is 0.127 e. The Morgan fingerprint density at radius 2 is 2.12 bits per heavy atom. The van der Waals surface area contributed by atoms with Crippen LogP contribution in [0.25, 0.3) is 0 Å². The Balaban J connectivity index is 0.000000704. The standard InChI is InChI=1S/C17H23N3O2.C2H6/c1-3-19-13-2-4-20-5-6-21-9-14(20)16(13)15(1)22-12-7-17(8-12)10-18-11-17;1-2/h1,3,12,14,18H,2,4-11H2;1-2H3. The minimum atomic E-state index is 0.334. The molecule has 0 aromatic carbocycles. The van der Waals surface area contributed by atoms with E-state index in [1.807, 2.05) is 20.0 Å². The molecule has 4 heterocycles. The number of rotatable bonds is 2. The highest BCUT2D eigenvalue weighted by Gasteiger charge is 2.50. The van der Waals surface area contributed by atoms with Gasteiger partial charge in [-0.05, 0) is 18.9 Å². The highest BCUT2D eigenvalue weighted by atomic mass is 16.5. The summed E-state index contributed by atoms with van der Waals surface area (Å²) in [6.45, 7) is 10.1. The third kappa shape index (κ3) is 2.72. The molecule has 132 valence electrons. The fourth-order valence-electron chi connectivity index (χ4n) is 4.51. The maximum atomic E-state index is 6.38. The zero-order valence-corrected chi connectivity index (χ0v) is 14.9. The van der Waals surface area contributed by atoms with E-state index in [0.717, 1.165) is 38.5 Å².